The molecule has 1 heterocycles. The van der Waals surface area contributed by atoms with Gasteiger partial charge in [0.25, 0.3) is 0 Å². The Kier molecular flexibility index (Phi) is 1.96. The molecule has 1 aliphatic rings. The van der Waals surface area contributed by atoms with E-state index in [1.807, 2.05) is 11.8 Å². The van der Waals surface area contributed by atoms with Gasteiger partial charge >= 0.3 is 0 Å². The van der Waals surface area contributed by atoms with Gasteiger partial charge in [-0.15, -0.1) is 0 Å². The van der Waals surface area contributed by atoms with E-state index >= 15 is 0 Å². The molecule has 0 aromatic heterocycles. The number of nitrogens with zero attached hydrogens (tertiary/aromatic N) is 1. The van der Waals surface area contributed by atoms with Crippen molar-refractivity contribution in [2.24, 2.45) is 0 Å². The Hall–Kier alpha value is -1.41. The lowest BCUT2D eigenvalue weighted by Crippen LogP contribution is -2.14. The molecule has 0 radical (unpaired) electrons. The summed E-state index contributed by atoms with van der Waals surface area (Å²) in [4.78, 5) is 4.92. The zero-order valence-electron chi connectivity index (χ0n) is 8.47. The van der Waals surface area contributed by atoms with Crippen LogP contribution in [0.2, 0.25) is 0 Å². The second kappa shape index (κ2) is 3.31. The van der Waals surface area contributed by atoms with Crippen molar-refractivity contribution in [3.05, 3.63) is 48.5 Å². The van der Waals surface area contributed by atoms with E-state index in [1.54, 1.807) is 0 Å². The molecule has 2 aromatic carbocycles. The van der Waals surface area contributed by atoms with Crippen LogP contribution in [0.5, 0.6) is 0 Å². The van der Waals surface area contributed by atoms with Crippen molar-refractivity contribution in [2.75, 3.05) is 11.9 Å². The number of fused-ring (bicyclic) bond motifs is 2. The van der Waals surface area contributed by atoms with Crippen molar-refractivity contribution in [1.82, 2.24) is 0 Å². The van der Waals surface area contributed by atoms with Crippen LogP contribution >= 0.6 is 11.8 Å². The standard InChI is InChI=1S/C13H11NS/c1-14-10-6-2-4-8-12(10)15-13-9-5-3-7-11(13)14/h2-9H,1H3/i1+1. The molecule has 0 atom stereocenters. The SMILES string of the molecule is [13CH3]N1c2ccccc2Sc2ccccc21. The normalized spacial score (nSPS) is 13.3. The Morgan fingerprint density at radius 1 is 0.800 bits per heavy atom. The molecule has 0 unspecified atom stereocenters. The number of hydrogen-bond acceptors (Lipinski definition) is 2. The third kappa shape index (κ3) is 1.33. The third-order valence-electron chi connectivity index (χ3n) is 2.67. The van der Waals surface area contributed by atoms with E-state index in [0.29, 0.717) is 0 Å². The summed E-state index contributed by atoms with van der Waals surface area (Å²) in [5, 5.41) is 0. The summed E-state index contributed by atoms with van der Waals surface area (Å²) < 4.78 is 0. The van der Waals surface area contributed by atoms with Crippen molar-refractivity contribution in [2.45, 2.75) is 9.79 Å². The number of benzene rings is 2. The van der Waals surface area contributed by atoms with Gasteiger partial charge in [0.2, 0.25) is 0 Å². The maximum absolute atomic E-state index is 2.25. The van der Waals surface area contributed by atoms with E-state index in [9.17, 15) is 0 Å². The molecule has 0 bridgehead atoms. The quantitative estimate of drug-likeness (QED) is 0.611. The predicted octanol–water partition coefficient (Wildman–Crippen LogP) is 3.92. The average molecular weight is 214 g/mol. The Balaban J connectivity index is 2.20. The van der Waals surface area contributed by atoms with Gasteiger partial charge < -0.3 is 4.90 Å². The minimum atomic E-state index is 1.29. The molecular formula is C13H11NS. The second-order valence-electron chi connectivity index (χ2n) is 3.60. The highest BCUT2D eigenvalue weighted by atomic mass is 32.2. The van der Waals surface area contributed by atoms with E-state index in [-0.39, 0.29) is 0 Å². The van der Waals surface area contributed by atoms with E-state index in [1.165, 1.54) is 21.2 Å². The summed E-state index contributed by atoms with van der Waals surface area (Å²) in [6.45, 7) is 0. The molecule has 0 saturated heterocycles. The molecule has 0 fully saturated rings. The predicted molar refractivity (Wildman–Crippen MR) is 65.1 cm³/mol. The van der Waals surface area contributed by atoms with Crippen molar-refractivity contribution in [3.63, 3.8) is 0 Å². The Morgan fingerprint density at radius 2 is 1.27 bits per heavy atom. The fourth-order valence-electron chi connectivity index (χ4n) is 1.89. The molecule has 74 valence electrons. The molecule has 0 aliphatic carbocycles. The van der Waals surface area contributed by atoms with Gasteiger partial charge in [0, 0.05) is 16.8 Å². The summed E-state index contributed by atoms with van der Waals surface area (Å²) in [5.41, 5.74) is 2.59. The van der Waals surface area contributed by atoms with Crippen LogP contribution in [0.4, 0.5) is 11.4 Å². The highest BCUT2D eigenvalue weighted by Crippen LogP contribution is 2.46. The van der Waals surface area contributed by atoms with Gasteiger partial charge in [0.15, 0.2) is 0 Å². The molecule has 0 N–H and O–H groups in total. The largest absolute Gasteiger partial charge is 0.343 e. The number of anilines is 2. The Bertz CT molecular complexity index is 462. The van der Waals surface area contributed by atoms with E-state index in [2.05, 4.69) is 60.5 Å². The van der Waals surface area contributed by atoms with Crippen LogP contribution in [-0.2, 0) is 0 Å². The van der Waals surface area contributed by atoms with Crippen molar-refractivity contribution >= 4 is 23.1 Å². The molecule has 0 spiro atoms. The summed E-state index contributed by atoms with van der Waals surface area (Å²) in [6.07, 6.45) is 0. The number of rotatable bonds is 0. The summed E-state index contributed by atoms with van der Waals surface area (Å²) >= 11 is 1.84. The highest BCUT2D eigenvalue weighted by molar-refractivity contribution is 7.99. The van der Waals surface area contributed by atoms with Crippen LogP contribution in [0, 0.1) is 0 Å². The van der Waals surface area contributed by atoms with Crippen molar-refractivity contribution in [3.8, 4) is 0 Å². The minimum absolute atomic E-state index is 1.29. The van der Waals surface area contributed by atoms with Crippen LogP contribution in [0.3, 0.4) is 0 Å². The summed E-state index contributed by atoms with van der Waals surface area (Å²) in [7, 11) is 2.12. The number of hydrogen-bond donors (Lipinski definition) is 0. The minimum Gasteiger partial charge on any atom is -0.343 e. The van der Waals surface area contributed by atoms with Gasteiger partial charge in [-0.3, -0.25) is 0 Å². The molecule has 1 nitrogen and oxygen atoms in total. The van der Waals surface area contributed by atoms with Crippen LogP contribution in [0.25, 0.3) is 0 Å². The van der Waals surface area contributed by atoms with Crippen molar-refractivity contribution in [1.29, 1.82) is 0 Å². The van der Waals surface area contributed by atoms with Crippen LogP contribution in [-0.4, -0.2) is 7.05 Å². The van der Waals surface area contributed by atoms with Crippen LogP contribution in [0.15, 0.2) is 58.3 Å². The van der Waals surface area contributed by atoms with Gasteiger partial charge in [-0.25, -0.2) is 0 Å². The molecule has 2 aromatic rings. The number of para-hydroxylation sites is 2. The molecule has 0 amide bonds. The first-order valence-electron chi connectivity index (χ1n) is 4.96. The van der Waals surface area contributed by atoms with Gasteiger partial charge in [-0.2, -0.15) is 0 Å². The van der Waals surface area contributed by atoms with Gasteiger partial charge in [-0.1, -0.05) is 36.0 Å². The van der Waals surface area contributed by atoms with Crippen LogP contribution < -0.4 is 4.90 Å². The molecular weight excluding hydrogens is 203 g/mol. The monoisotopic (exact) mass is 214 g/mol. The molecule has 1 aliphatic heterocycles. The molecule has 3 rings (SSSR count). The maximum atomic E-state index is 2.25. The lowest BCUT2D eigenvalue weighted by Gasteiger charge is -2.29. The zero-order valence-corrected chi connectivity index (χ0v) is 9.29. The topological polar surface area (TPSA) is 3.24 Å². The van der Waals surface area contributed by atoms with E-state index in [4.69, 9.17) is 0 Å². The first-order chi connectivity index (χ1) is 7.36. The lowest BCUT2D eigenvalue weighted by atomic mass is 10.2. The first-order valence-corrected chi connectivity index (χ1v) is 5.77. The molecule has 0 saturated carbocycles. The summed E-state index contributed by atoms with van der Waals surface area (Å²) in [6, 6.07) is 17.0. The lowest BCUT2D eigenvalue weighted by molar-refractivity contribution is 1.11. The van der Waals surface area contributed by atoms with Gasteiger partial charge in [0.05, 0.1) is 11.4 Å². The zero-order chi connectivity index (χ0) is 10.3. The fourth-order valence-corrected chi connectivity index (χ4v) is 3.04. The Labute approximate surface area is 93.7 Å². The van der Waals surface area contributed by atoms with Gasteiger partial charge in [-0.05, 0) is 24.3 Å². The molecule has 2 heteroatoms. The third-order valence-corrected chi connectivity index (χ3v) is 3.80. The van der Waals surface area contributed by atoms with Crippen molar-refractivity contribution < 1.29 is 0 Å². The maximum Gasteiger partial charge on any atom is 0.0550 e. The van der Waals surface area contributed by atoms with Crippen LogP contribution in [0.1, 0.15) is 0 Å². The fraction of sp³-hybridized carbons (Fsp3) is 0.0769. The summed E-state index contributed by atoms with van der Waals surface area (Å²) in [5.74, 6) is 0. The van der Waals surface area contributed by atoms with Gasteiger partial charge in [0.1, 0.15) is 0 Å². The second-order valence-corrected chi connectivity index (χ2v) is 4.68. The smallest absolute Gasteiger partial charge is 0.0550 e. The van der Waals surface area contributed by atoms with E-state index in [0.717, 1.165) is 0 Å². The first kappa shape index (κ1) is 8.86. The average Bonchev–Trinajstić information content (AvgIpc) is 2.30. The highest BCUT2D eigenvalue weighted by Gasteiger charge is 2.18. The van der Waals surface area contributed by atoms with E-state index < -0.39 is 0 Å². The molecule has 15 heavy (non-hydrogen) atoms. The Morgan fingerprint density at radius 3 is 1.80 bits per heavy atom.